The molecular weight excluding hydrogens is 336 g/mol. The number of carbonyl (C=O) groups excluding carboxylic acids is 2. The highest BCUT2D eigenvalue weighted by molar-refractivity contribution is 5.97. The van der Waals surface area contributed by atoms with Gasteiger partial charge in [-0.2, -0.15) is 0 Å². The molecule has 1 fully saturated rings. The zero-order valence-electron chi connectivity index (χ0n) is 14.0. The van der Waals surface area contributed by atoms with Crippen molar-refractivity contribution in [1.29, 1.82) is 0 Å². The number of benzene rings is 1. The maximum Gasteiger partial charge on any atom is 0.417 e. The van der Waals surface area contributed by atoms with Gasteiger partial charge in [0.15, 0.2) is 5.58 Å². The maximum atomic E-state index is 12.8. The predicted molar refractivity (Wildman–Crippen MR) is 94.1 cm³/mol. The van der Waals surface area contributed by atoms with Gasteiger partial charge >= 0.3 is 5.76 Å². The summed E-state index contributed by atoms with van der Waals surface area (Å²) in [7, 11) is 0. The van der Waals surface area contributed by atoms with E-state index in [1.807, 2.05) is 0 Å². The fraction of sp³-hybridized carbons (Fsp3) is 0.278. The van der Waals surface area contributed by atoms with E-state index in [4.69, 9.17) is 4.42 Å². The number of nitrogens with one attached hydrogen (secondary N) is 2. The van der Waals surface area contributed by atoms with E-state index in [0.717, 1.165) is 0 Å². The van der Waals surface area contributed by atoms with Crippen LogP contribution in [0.5, 0.6) is 0 Å². The zero-order chi connectivity index (χ0) is 18.1. The molecule has 1 aliphatic heterocycles. The van der Waals surface area contributed by atoms with Crippen molar-refractivity contribution in [3.63, 3.8) is 0 Å². The molecule has 0 atom stereocenters. The van der Waals surface area contributed by atoms with Crippen molar-refractivity contribution in [2.75, 3.05) is 26.2 Å². The maximum absolute atomic E-state index is 12.8. The molecule has 134 valence electrons. The first kappa shape index (κ1) is 16.2. The van der Waals surface area contributed by atoms with Crippen LogP contribution in [0.15, 0.2) is 45.7 Å². The summed E-state index contributed by atoms with van der Waals surface area (Å²) in [4.78, 5) is 45.5. The molecule has 2 N–H and O–H groups in total. The van der Waals surface area contributed by atoms with Crippen molar-refractivity contribution in [2.24, 2.45) is 0 Å². The highest BCUT2D eigenvalue weighted by Gasteiger charge is 2.24. The zero-order valence-corrected chi connectivity index (χ0v) is 14.0. The first-order valence-corrected chi connectivity index (χ1v) is 8.46. The van der Waals surface area contributed by atoms with Crippen LogP contribution in [0.25, 0.3) is 11.1 Å². The van der Waals surface area contributed by atoms with Gasteiger partial charge in [0.2, 0.25) is 0 Å². The lowest BCUT2D eigenvalue weighted by molar-refractivity contribution is 0.0716. The van der Waals surface area contributed by atoms with Crippen LogP contribution in [0, 0.1) is 0 Å². The summed E-state index contributed by atoms with van der Waals surface area (Å²) in [5.74, 6) is -0.720. The van der Waals surface area contributed by atoms with E-state index in [2.05, 4.69) is 9.97 Å². The molecule has 1 aliphatic rings. The van der Waals surface area contributed by atoms with Gasteiger partial charge in [-0.15, -0.1) is 0 Å². The molecule has 2 aromatic heterocycles. The Kier molecular flexibility index (Phi) is 4.08. The Labute approximate surface area is 148 Å². The summed E-state index contributed by atoms with van der Waals surface area (Å²) < 4.78 is 4.96. The molecule has 8 nitrogen and oxygen atoms in total. The summed E-state index contributed by atoms with van der Waals surface area (Å²) in [5.41, 5.74) is 1.96. The molecule has 1 aromatic carbocycles. The van der Waals surface area contributed by atoms with E-state index in [1.165, 1.54) is 0 Å². The Morgan fingerprint density at radius 2 is 1.77 bits per heavy atom. The van der Waals surface area contributed by atoms with Crippen molar-refractivity contribution in [2.45, 2.75) is 6.42 Å². The van der Waals surface area contributed by atoms with E-state index >= 15 is 0 Å². The van der Waals surface area contributed by atoms with Crippen molar-refractivity contribution in [3.05, 3.63) is 58.3 Å². The summed E-state index contributed by atoms with van der Waals surface area (Å²) >= 11 is 0. The first-order valence-electron chi connectivity index (χ1n) is 8.46. The van der Waals surface area contributed by atoms with E-state index < -0.39 is 5.76 Å². The summed E-state index contributed by atoms with van der Waals surface area (Å²) in [6.07, 6.45) is 2.43. The number of hydrogen-bond acceptors (Lipinski definition) is 4. The molecule has 26 heavy (non-hydrogen) atoms. The van der Waals surface area contributed by atoms with E-state index in [1.54, 1.807) is 46.3 Å². The molecule has 0 radical (unpaired) electrons. The molecule has 8 heteroatoms. The lowest BCUT2D eigenvalue weighted by Crippen LogP contribution is -2.37. The average molecular weight is 354 g/mol. The van der Waals surface area contributed by atoms with Crippen molar-refractivity contribution >= 4 is 22.9 Å². The number of fused-ring (bicyclic) bond motifs is 1. The van der Waals surface area contributed by atoms with E-state index in [0.29, 0.717) is 55.0 Å². The van der Waals surface area contributed by atoms with Gasteiger partial charge < -0.3 is 19.2 Å². The number of aromatic nitrogens is 2. The summed E-state index contributed by atoms with van der Waals surface area (Å²) in [6.45, 7) is 2.13. The first-order chi connectivity index (χ1) is 12.6. The molecule has 3 heterocycles. The van der Waals surface area contributed by atoms with Crippen LogP contribution < -0.4 is 5.76 Å². The molecule has 0 aliphatic carbocycles. The van der Waals surface area contributed by atoms with Crippen LogP contribution in [-0.4, -0.2) is 57.8 Å². The molecule has 0 spiro atoms. The second-order valence-electron chi connectivity index (χ2n) is 6.25. The standard InChI is InChI=1S/C18H18N4O4/c23-16(12-4-5-15-14(11-12)20-18(25)26-15)21-7-2-8-22(10-9-21)17(24)13-3-1-6-19-13/h1,3-6,11,19H,2,7-10H2,(H,20,25). The third kappa shape index (κ3) is 3.01. The monoisotopic (exact) mass is 354 g/mol. The van der Waals surface area contributed by atoms with Gasteiger partial charge in [-0.3, -0.25) is 14.6 Å². The van der Waals surface area contributed by atoms with Crippen molar-refractivity contribution in [3.8, 4) is 0 Å². The Balaban J connectivity index is 1.48. The molecule has 2 amide bonds. The molecule has 0 unspecified atom stereocenters. The number of carbonyl (C=O) groups is 2. The van der Waals surface area contributed by atoms with Crippen LogP contribution in [0.2, 0.25) is 0 Å². The van der Waals surface area contributed by atoms with Crippen molar-refractivity contribution in [1.82, 2.24) is 19.8 Å². The van der Waals surface area contributed by atoms with Crippen LogP contribution in [0.1, 0.15) is 27.3 Å². The minimum absolute atomic E-state index is 0.0540. The topological polar surface area (TPSA) is 102 Å². The van der Waals surface area contributed by atoms with Gasteiger partial charge in [0.05, 0.1) is 5.52 Å². The molecule has 4 rings (SSSR count). The smallest absolute Gasteiger partial charge is 0.408 e. The summed E-state index contributed by atoms with van der Waals surface area (Å²) in [6, 6.07) is 8.41. The molecule has 1 saturated heterocycles. The number of amides is 2. The van der Waals surface area contributed by atoms with Gasteiger partial charge in [-0.1, -0.05) is 0 Å². The Morgan fingerprint density at radius 3 is 2.50 bits per heavy atom. The highest BCUT2D eigenvalue weighted by Crippen LogP contribution is 2.16. The minimum atomic E-state index is -0.544. The van der Waals surface area contributed by atoms with Crippen molar-refractivity contribution < 1.29 is 14.0 Å². The fourth-order valence-electron chi connectivity index (χ4n) is 3.22. The van der Waals surface area contributed by atoms with Gasteiger partial charge in [0, 0.05) is 37.9 Å². The number of aromatic amines is 2. The lowest BCUT2D eigenvalue weighted by atomic mass is 10.1. The second-order valence-corrected chi connectivity index (χ2v) is 6.25. The number of hydrogen-bond donors (Lipinski definition) is 2. The Morgan fingerprint density at radius 1 is 1.00 bits per heavy atom. The quantitative estimate of drug-likeness (QED) is 0.727. The number of H-pyrrole nitrogens is 2. The molecule has 0 bridgehead atoms. The Hall–Kier alpha value is -3.29. The van der Waals surface area contributed by atoms with Gasteiger partial charge in [-0.25, -0.2) is 4.79 Å². The second kappa shape index (κ2) is 6.55. The predicted octanol–water partition coefficient (Wildman–Crippen LogP) is 1.44. The lowest BCUT2D eigenvalue weighted by Gasteiger charge is -2.22. The average Bonchev–Trinajstić information content (AvgIpc) is 3.23. The molecular formula is C18H18N4O4. The SMILES string of the molecule is O=C(c1ccc2oc(=O)[nH]c2c1)N1CCCN(C(=O)c2ccc[nH]2)CC1. The number of oxazole rings is 1. The largest absolute Gasteiger partial charge is 0.417 e. The number of rotatable bonds is 2. The van der Waals surface area contributed by atoms with Crippen LogP contribution >= 0.6 is 0 Å². The van der Waals surface area contributed by atoms with E-state index in [-0.39, 0.29) is 11.8 Å². The van der Waals surface area contributed by atoms with Crippen LogP contribution in [0.4, 0.5) is 0 Å². The molecule has 0 saturated carbocycles. The van der Waals surface area contributed by atoms with E-state index in [9.17, 15) is 14.4 Å². The normalized spacial score (nSPS) is 15.2. The fourth-order valence-corrected chi connectivity index (χ4v) is 3.22. The van der Waals surface area contributed by atoms with Gasteiger partial charge in [0.1, 0.15) is 5.69 Å². The minimum Gasteiger partial charge on any atom is -0.408 e. The van der Waals surface area contributed by atoms with Gasteiger partial charge in [-0.05, 0) is 36.8 Å². The highest BCUT2D eigenvalue weighted by atomic mass is 16.4. The van der Waals surface area contributed by atoms with Crippen LogP contribution in [-0.2, 0) is 0 Å². The third-order valence-electron chi connectivity index (χ3n) is 4.56. The van der Waals surface area contributed by atoms with Gasteiger partial charge in [0.25, 0.3) is 11.8 Å². The third-order valence-corrected chi connectivity index (χ3v) is 4.56. The number of nitrogens with zero attached hydrogens (tertiary/aromatic N) is 2. The molecule has 3 aromatic rings. The summed E-state index contributed by atoms with van der Waals surface area (Å²) in [5, 5.41) is 0. The van der Waals surface area contributed by atoms with Crippen LogP contribution in [0.3, 0.4) is 0 Å². The Bertz CT molecular complexity index is 1000.